The Morgan fingerprint density at radius 3 is 1.10 bits per heavy atom. The van der Waals surface area contributed by atoms with Gasteiger partial charge in [0.1, 0.15) is 0 Å². The topological polar surface area (TPSA) is 0 Å². The van der Waals surface area contributed by atoms with E-state index < -0.39 is 0 Å². The first-order valence-electron chi connectivity index (χ1n) is 8.06. The van der Waals surface area contributed by atoms with Crippen LogP contribution in [0.1, 0.15) is 116 Å². The van der Waals surface area contributed by atoms with Crippen LogP contribution in [0.5, 0.6) is 0 Å². The van der Waals surface area contributed by atoms with Gasteiger partial charge in [-0.3, -0.25) is 0 Å². The minimum Gasteiger partial charge on any atom is -0.100 e. The van der Waals surface area contributed by atoms with Crippen molar-refractivity contribution in [3.05, 3.63) is 12.2 Å². The number of rotatable bonds is 0. The molecule has 0 N–H and O–H groups in total. The Bertz CT molecular complexity index is 173. The Morgan fingerprint density at radius 2 is 1.00 bits per heavy atom. The number of hydrogen-bond acceptors (Lipinski definition) is 0. The summed E-state index contributed by atoms with van der Waals surface area (Å²) in [6.45, 7) is 25.0. The second kappa shape index (κ2) is 17.8. The fraction of sp³-hybridized carbons (Fsp3) is 0.905. The average molecular weight is 303 g/mol. The van der Waals surface area contributed by atoms with Crippen LogP contribution in [0, 0.1) is 10.8 Å². The minimum absolute atomic E-state index is 0. The molecule has 0 spiro atoms. The van der Waals surface area contributed by atoms with Gasteiger partial charge in [-0.15, -0.1) is 6.58 Å². The summed E-state index contributed by atoms with van der Waals surface area (Å²) in [4.78, 5) is 0. The maximum Gasteiger partial charge on any atom is -0.0354 e. The largest absolute Gasteiger partial charge is 0.100 e. The highest BCUT2D eigenvalue weighted by Gasteiger charge is 2.19. The van der Waals surface area contributed by atoms with Gasteiger partial charge in [0, 0.05) is 0 Å². The monoisotopic (exact) mass is 302 g/mol. The van der Waals surface area contributed by atoms with Crippen molar-refractivity contribution < 1.29 is 0 Å². The predicted octanol–water partition coefficient (Wildman–Crippen LogP) is 8.91. The van der Waals surface area contributed by atoms with E-state index in [9.17, 15) is 0 Å². The molecule has 1 fully saturated rings. The minimum atomic E-state index is 0. The lowest BCUT2D eigenvalue weighted by Crippen LogP contribution is -2.14. The van der Waals surface area contributed by atoms with Crippen molar-refractivity contribution >= 4 is 0 Å². The van der Waals surface area contributed by atoms with Crippen LogP contribution in [0.4, 0.5) is 0 Å². The van der Waals surface area contributed by atoms with Crippen LogP contribution < -0.4 is 0 Å². The fourth-order valence-electron chi connectivity index (χ4n) is 1.51. The molecule has 134 valence electrons. The third kappa shape index (κ3) is 65.5. The summed E-state index contributed by atoms with van der Waals surface area (Å²) < 4.78 is 0. The van der Waals surface area contributed by atoms with E-state index in [1.807, 2.05) is 27.7 Å². The Morgan fingerprint density at radius 1 is 0.810 bits per heavy atom. The molecule has 0 saturated heterocycles. The summed E-state index contributed by atoms with van der Waals surface area (Å²) in [7, 11) is 0. The van der Waals surface area contributed by atoms with Crippen LogP contribution >= 0.6 is 0 Å². The summed E-state index contributed by atoms with van der Waals surface area (Å²) in [6.07, 6.45) is 7.31. The summed E-state index contributed by atoms with van der Waals surface area (Å²) in [6, 6.07) is 0. The van der Waals surface area contributed by atoms with E-state index in [0.29, 0.717) is 10.8 Å². The Kier molecular flexibility index (Phi) is 27.6. The molecule has 0 atom stereocenters. The van der Waals surface area contributed by atoms with Crippen molar-refractivity contribution in [2.24, 2.45) is 10.8 Å². The second-order valence-electron chi connectivity index (χ2n) is 7.93. The quantitative estimate of drug-likeness (QED) is 0.392. The number of hydrogen-bond donors (Lipinski definition) is 0. The zero-order chi connectivity index (χ0) is 16.1. The molecule has 0 aromatic heterocycles. The van der Waals surface area contributed by atoms with Crippen molar-refractivity contribution in [1.82, 2.24) is 0 Å². The summed E-state index contributed by atoms with van der Waals surface area (Å²) >= 11 is 0. The molecule has 0 aliphatic heterocycles. The maximum atomic E-state index is 3.56. The molecule has 1 aliphatic carbocycles. The molecule has 1 aliphatic rings. The molecule has 0 amide bonds. The molecule has 1 rings (SSSR count). The summed E-state index contributed by atoms with van der Waals surface area (Å²) in [5.74, 6) is 0. The van der Waals surface area contributed by atoms with Crippen molar-refractivity contribution in [3.8, 4) is 0 Å². The van der Waals surface area contributed by atoms with Gasteiger partial charge in [-0.25, -0.2) is 0 Å². The van der Waals surface area contributed by atoms with Gasteiger partial charge in [0.25, 0.3) is 0 Å². The fourth-order valence-corrected chi connectivity index (χ4v) is 1.51. The molecule has 0 aromatic carbocycles. The van der Waals surface area contributed by atoms with E-state index >= 15 is 0 Å². The highest BCUT2D eigenvalue weighted by atomic mass is 14.3. The lowest BCUT2D eigenvalue weighted by molar-refractivity contribution is 0.244. The van der Waals surface area contributed by atoms with E-state index in [1.165, 1.54) is 37.7 Å². The second-order valence-corrected chi connectivity index (χ2v) is 7.93. The molecule has 0 nitrogen and oxygen atoms in total. The molecular weight excluding hydrogens is 252 g/mol. The van der Waals surface area contributed by atoms with Gasteiger partial charge in [0.05, 0.1) is 0 Å². The molecule has 0 heteroatoms. The molecular formula is C21H50. The summed E-state index contributed by atoms with van der Waals surface area (Å²) in [5.41, 5.74) is 2.35. The highest BCUT2D eigenvalue weighted by molar-refractivity contribution is 4.78. The Balaban J connectivity index is -0.0000000584. The van der Waals surface area contributed by atoms with Crippen LogP contribution in [-0.2, 0) is 0 Å². The third-order valence-corrected chi connectivity index (χ3v) is 2.21. The van der Waals surface area contributed by atoms with Crippen LogP contribution in [0.25, 0.3) is 0 Å². The van der Waals surface area contributed by atoms with Gasteiger partial charge in [0.2, 0.25) is 0 Å². The Labute approximate surface area is 139 Å². The first kappa shape index (κ1) is 32.6. The van der Waals surface area contributed by atoms with E-state index in [-0.39, 0.29) is 14.9 Å². The predicted molar refractivity (Wildman–Crippen MR) is 107 cm³/mol. The highest BCUT2D eigenvalue weighted by Crippen LogP contribution is 2.34. The normalized spacial score (nSPS) is 15.0. The zero-order valence-electron chi connectivity index (χ0n) is 15.7. The van der Waals surface area contributed by atoms with Crippen LogP contribution in [0.2, 0.25) is 0 Å². The van der Waals surface area contributed by atoms with E-state index in [2.05, 4.69) is 48.1 Å². The van der Waals surface area contributed by atoms with Crippen LogP contribution in [-0.4, -0.2) is 0 Å². The van der Waals surface area contributed by atoms with Gasteiger partial charge in [-0.05, 0) is 37.5 Å². The molecule has 1 saturated carbocycles. The van der Waals surface area contributed by atoms with Crippen molar-refractivity contribution in [2.45, 2.75) is 116 Å². The molecule has 0 radical (unpaired) electrons. The zero-order valence-corrected chi connectivity index (χ0v) is 15.7. The first-order chi connectivity index (χ1) is 8.44. The van der Waals surface area contributed by atoms with Crippen molar-refractivity contribution in [1.29, 1.82) is 0 Å². The standard InChI is InChI=1S/C8H16.C5H12.C4H8.C2H6.2CH4/c1-8(2)6-4-3-5-7-8;1-5(2,3)4;1-4(2)3;1-2;;/h3-7H2,1-2H3;1-4H3;1H2,2-3H3;1-2H3;2*1H4. The van der Waals surface area contributed by atoms with Gasteiger partial charge in [-0.2, -0.15) is 0 Å². The summed E-state index contributed by atoms with van der Waals surface area (Å²) in [5, 5.41) is 0. The van der Waals surface area contributed by atoms with Crippen LogP contribution in [0.3, 0.4) is 0 Å². The lowest BCUT2D eigenvalue weighted by Gasteiger charge is -2.28. The maximum absolute atomic E-state index is 3.56. The van der Waals surface area contributed by atoms with Crippen molar-refractivity contribution in [3.63, 3.8) is 0 Å². The average Bonchev–Trinajstić information content (AvgIpc) is 2.16. The van der Waals surface area contributed by atoms with E-state index in [0.717, 1.165) is 0 Å². The van der Waals surface area contributed by atoms with E-state index in [4.69, 9.17) is 0 Å². The third-order valence-electron chi connectivity index (χ3n) is 2.21. The molecule has 21 heavy (non-hydrogen) atoms. The van der Waals surface area contributed by atoms with Gasteiger partial charge < -0.3 is 0 Å². The van der Waals surface area contributed by atoms with Crippen molar-refractivity contribution in [2.75, 3.05) is 0 Å². The van der Waals surface area contributed by atoms with Gasteiger partial charge in [0.15, 0.2) is 0 Å². The molecule has 0 aromatic rings. The Hall–Kier alpha value is -0.260. The van der Waals surface area contributed by atoms with Gasteiger partial charge in [-0.1, -0.05) is 95.1 Å². The smallest absolute Gasteiger partial charge is 0.0354 e. The van der Waals surface area contributed by atoms with Gasteiger partial charge >= 0.3 is 0 Å². The first-order valence-corrected chi connectivity index (χ1v) is 8.06. The lowest BCUT2D eigenvalue weighted by atomic mass is 9.78. The SMILES string of the molecule is C.C.C=C(C)C.CC.CC(C)(C)C.CC1(C)CCCCC1. The van der Waals surface area contributed by atoms with E-state index in [1.54, 1.807) is 0 Å². The van der Waals surface area contributed by atoms with Crippen LogP contribution in [0.15, 0.2) is 12.2 Å². The molecule has 0 unspecified atom stereocenters. The number of allylic oxidation sites excluding steroid dienone is 1. The molecule has 0 bridgehead atoms. The molecule has 0 heterocycles.